The van der Waals surface area contributed by atoms with Crippen LogP contribution in [0.3, 0.4) is 0 Å². The number of urea groups is 1. The first-order valence-corrected chi connectivity index (χ1v) is 5.04. The van der Waals surface area contributed by atoms with E-state index in [-0.39, 0.29) is 6.03 Å². The molecule has 0 unspecified atom stereocenters. The van der Waals surface area contributed by atoms with Crippen molar-refractivity contribution >= 4 is 6.03 Å². The predicted molar refractivity (Wildman–Crippen MR) is 57.2 cm³/mol. The van der Waals surface area contributed by atoms with Crippen molar-refractivity contribution in [1.29, 1.82) is 0 Å². The monoisotopic (exact) mass is 202 g/mol. The highest BCUT2D eigenvalue weighted by molar-refractivity contribution is 5.74. The van der Waals surface area contributed by atoms with E-state index in [1.165, 1.54) is 0 Å². The molecule has 0 atom stereocenters. The Labute approximate surface area is 86.5 Å². The second kappa shape index (κ2) is 5.20. The van der Waals surface area contributed by atoms with Gasteiger partial charge < -0.3 is 14.9 Å². The van der Waals surface area contributed by atoms with Gasteiger partial charge in [0.2, 0.25) is 0 Å². The van der Waals surface area contributed by atoms with Crippen molar-refractivity contribution in [2.24, 2.45) is 0 Å². The zero-order valence-electron chi connectivity index (χ0n) is 9.87. The van der Waals surface area contributed by atoms with E-state index in [2.05, 4.69) is 0 Å². The van der Waals surface area contributed by atoms with Crippen molar-refractivity contribution in [1.82, 2.24) is 9.80 Å². The average molecular weight is 202 g/mol. The van der Waals surface area contributed by atoms with Gasteiger partial charge in [0.1, 0.15) is 0 Å². The lowest BCUT2D eigenvalue weighted by Gasteiger charge is -2.31. The van der Waals surface area contributed by atoms with Crippen molar-refractivity contribution in [3.63, 3.8) is 0 Å². The van der Waals surface area contributed by atoms with E-state index in [1.807, 2.05) is 13.8 Å². The highest BCUT2D eigenvalue weighted by Crippen LogP contribution is 2.06. The van der Waals surface area contributed by atoms with Gasteiger partial charge >= 0.3 is 6.03 Å². The van der Waals surface area contributed by atoms with E-state index in [1.54, 1.807) is 30.7 Å². The van der Waals surface area contributed by atoms with Crippen LogP contribution in [0.2, 0.25) is 0 Å². The Hall–Kier alpha value is -0.770. The average Bonchev–Trinajstić information content (AvgIpc) is 2.10. The maximum absolute atomic E-state index is 11.7. The van der Waals surface area contributed by atoms with Crippen LogP contribution in [-0.4, -0.2) is 53.2 Å². The van der Waals surface area contributed by atoms with Crippen LogP contribution in [0, 0.1) is 0 Å². The summed E-state index contributed by atoms with van der Waals surface area (Å²) in [5, 5.41) is 9.61. The summed E-state index contributed by atoms with van der Waals surface area (Å²) >= 11 is 0. The molecule has 0 saturated heterocycles. The first kappa shape index (κ1) is 13.2. The fourth-order valence-electron chi connectivity index (χ4n) is 1.16. The summed E-state index contributed by atoms with van der Waals surface area (Å²) in [4.78, 5) is 15.0. The third kappa shape index (κ3) is 4.46. The minimum Gasteiger partial charge on any atom is -0.389 e. The van der Waals surface area contributed by atoms with Crippen molar-refractivity contribution in [2.45, 2.75) is 33.3 Å². The van der Waals surface area contributed by atoms with Gasteiger partial charge in [-0.2, -0.15) is 0 Å². The zero-order chi connectivity index (χ0) is 11.4. The number of rotatable bonds is 4. The summed E-state index contributed by atoms with van der Waals surface area (Å²) in [6.07, 6.45) is 0. The maximum atomic E-state index is 11.7. The van der Waals surface area contributed by atoms with E-state index >= 15 is 0 Å². The van der Waals surface area contributed by atoms with E-state index in [0.717, 1.165) is 0 Å². The molecule has 0 saturated carbocycles. The summed E-state index contributed by atoms with van der Waals surface area (Å²) in [6, 6.07) is -0.0304. The molecule has 4 nitrogen and oxygen atoms in total. The number of hydrogen-bond acceptors (Lipinski definition) is 2. The number of amides is 2. The molecular weight excluding hydrogens is 180 g/mol. The third-order valence-electron chi connectivity index (χ3n) is 2.03. The molecule has 0 aliphatic carbocycles. The van der Waals surface area contributed by atoms with E-state index in [9.17, 15) is 9.90 Å². The topological polar surface area (TPSA) is 43.8 Å². The van der Waals surface area contributed by atoms with Gasteiger partial charge in [-0.3, -0.25) is 0 Å². The van der Waals surface area contributed by atoms with Gasteiger partial charge in [0.05, 0.1) is 12.1 Å². The number of aliphatic hydroxyl groups is 1. The fourth-order valence-corrected chi connectivity index (χ4v) is 1.16. The molecule has 0 radical (unpaired) electrons. The SMILES string of the molecule is CCN(C)C(=O)N(CC)CC(C)(C)O. The van der Waals surface area contributed by atoms with Crippen LogP contribution in [0.5, 0.6) is 0 Å². The van der Waals surface area contributed by atoms with E-state index < -0.39 is 5.60 Å². The molecule has 0 aromatic heterocycles. The second-order valence-corrected chi connectivity index (χ2v) is 4.12. The zero-order valence-corrected chi connectivity index (χ0v) is 9.87. The van der Waals surface area contributed by atoms with Crippen molar-refractivity contribution in [3.8, 4) is 0 Å². The first-order valence-electron chi connectivity index (χ1n) is 5.04. The van der Waals surface area contributed by atoms with Gasteiger partial charge in [-0.05, 0) is 27.7 Å². The van der Waals surface area contributed by atoms with Crippen LogP contribution >= 0.6 is 0 Å². The van der Waals surface area contributed by atoms with Gasteiger partial charge in [0, 0.05) is 20.1 Å². The molecule has 1 N–H and O–H groups in total. The molecule has 0 heterocycles. The Balaban J connectivity index is 4.34. The largest absolute Gasteiger partial charge is 0.389 e. The predicted octanol–water partition coefficient (Wildman–Crippen LogP) is 1.15. The number of carbonyl (C=O) groups excluding carboxylic acids is 1. The van der Waals surface area contributed by atoms with Crippen LogP contribution in [0.4, 0.5) is 4.79 Å². The quantitative estimate of drug-likeness (QED) is 0.743. The fraction of sp³-hybridized carbons (Fsp3) is 0.900. The number of likely N-dealkylation sites (N-methyl/N-ethyl adjacent to an activating group) is 1. The van der Waals surface area contributed by atoms with Crippen molar-refractivity contribution in [3.05, 3.63) is 0 Å². The second-order valence-electron chi connectivity index (χ2n) is 4.12. The van der Waals surface area contributed by atoms with Crippen LogP contribution in [0.1, 0.15) is 27.7 Å². The Morgan fingerprint density at radius 2 is 1.79 bits per heavy atom. The van der Waals surface area contributed by atoms with Gasteiger partial charge in [-0.25, -0.2) is 4.79 Å². The highest BCUT2D eigenvalue weighted by atomic mass is 16.3. The Morgan fingerprint density at radius 1 is 1.29 bits per heavy atom. The number of carbonyl (C=O) groups is 1. The molecule has 0 bridgehead atoms. The molecule has 0 fully saturated rings. The van der Waals surface area contributed by atoms with Crippen LogP contribution < -0.4 is 0 Å². The summed E-state index contributed by atoms with van der Waals surface area (Å²) in [5.41, 5.74) is -0.833. The Morgan fingerprint density at radius 3 is 2.07 bits per heavy atom. The van der Waals surface area contributed by atoms with Crippen LogP contribution in [0.25, 0.3) is 0 Å². The lowest BCUT2D eigenvalue weighted by Crippen LogP contribution is -2.47. The molecular formula is C10H22N2O2. The Kier molecular flexibility index (Phi) is 4.91. The smallest absolute Gasteiger partial charge is 0.319 e. The van der Waals surface area contributed by atoms with Crippen molar-refractivity contribution in [2.75, 3.05) is 26.7 Å². The minimum absolute atomic E-state index is 0.0304. The summed E-state index contributed by atoms with van der Waals surface area (Å²) in [6.45, 7) is 8.91. The van der Waals surface area contributed by atoms with Crippen LogP contribution in [0.15, 0.2) is 0 Å². The Bertz CT molecular complexity index is 187. The molecule has 0 aromatic carbocycles. The van der Waals surface area contributed by atoms with E-state index in [0.29, 0.717) is 19.6 Å². The summed E-state index contributed by atoms with van der Waals surface area (Å²) in [7, 11) is 1.76. The highest BCUT2D eigenvalue weighted by Gasteiger charge is 2.22. The molecule has 4 heteroatoms. The van der Waals surface area contributed by atoms with Crippen molar-refractivity contribution < 1.29 is 9.90 Å². The molecule has 0 aliphatic heterocycles. The lowest BCUT2D eigenvalue weighted by molar-refractivity contribution is 0.0430. The standard InChI is InChI=1S/C10H22N2O2/c1-6-11(5)9(13)12(7-2)8-10(3,4)14/h14H,6-8H2,1-5H3. The number of hydrogen-bond donors (Lipinski definition) is 1. The number of nitrogens with zero attached hydrogens (tertiary/aromatic N) is 2. The molecule has 14 heavy (non-hydrogen) atoms. The lowest BCUT2D eigenvalue weighted by atomic mass is 10.1. The molecule has 0 spiro atoms. The van der Waals surface area contributed by atoms with Gasteiger partial charge in [-0.1, -0.05) is 0 Å². The molecule has 0 aromatic rings. The third-order valence-corrected chi connectivity index (χ3v) is 2.03. The van der Waals surface area contributed by atoms with Gasteiger partial charge in [-0.15, -0.1) is 0 Å². The normalized spacial score (nSPS) is 11.3. The van der Waals surface area contributed by atoms with Gasteiger partial charge in [0.15, 0.2) is 0 Å². The minimum atomic E-state index is -0.833. The first-order chi connectivity index (χ1) is 6.31. The molecule has 2 amide bonds. The van der Waals surface area contributed by atoms with E-state index in [4.69, 9.17) is 0 Å². The summed E-state index contributed by atoms with van der Waals surface area (Å²) in [5.74, 6) is 0. The van der Waals surface area contributed by atoms with Gasteiger partial charge in [0.25, 0.3) is 0 Å². The maximum Gasteiger partial charge on any atom is 0.319 e. The molecule has 84 valence electrons. The molecule has 0 aliphatic rings. The summed E-state index contributed by atoms with van der Waals surface area (Å²) < 4.78 is 0. The molecule has 0 rings (SSSR count). The van der Waals surface area contributed by atoms with Crippen LogP contribution in [-0.2, 0) is 0 Å².